The summed E-state index contributed by atoms with van der Waals surface area (Å²) in [7, 11) is -3.70. The van der Waals surface area contributed by atoms with Gasteiger partial charge in [0.2, 0.25) is 15.9 Å². The van der Waals surface area contributed by atoms with Gasteiger partial charge in [-0.05, 0) is 18.2 Å². The fourth-order valence-corrected chi connectivity index (χ4v) is 2.77. The predicted molar refractivity (Wildman–Crippen MR) is 73.8 cm³/mol. The van der Waals surface area contributed by atoms with Crippen molar-refractivity contribution in [2.45, 2.75) is 4.90 Å². The molecule has 1 aromatic rings. The molecule has 7 nitrogen and oxygen atoms in total. The summed E-state index contributed by atoms with van der Waals surface area (Å²) in [4.78, 5) is 10.4. The minimum absolute atomic E-state index is 0.00870. The second-order valence-corrected chi connectivity index (χ2v) is 6.25. The summed E-state index contributed by atoms with van der Waals surface area (Å²) in [6.45, 7) is -0.189. The highest BCUT2D eigenvalue weighted by Gasteiger charge is 2.16. The van der Waals surface area contributed by atoms with Gasteiger partial charge in [0.1, 0.15) is 11.5 Å². The van der Waals surface area contributed by atoms with Gasteiger partial charge in [0.05, 0.1) is 12.3 Å². The number of hydrogen-bond donors (Lipinski definition) is 3. The number of anilines is 1. The number of ether oxygens (including phenoxy) is 1. The molecule has 0 spiro atoms. The zero-order valence-electron chi connectivity index (χ0n) is 9.93. The largest absolute Gasteiger partial charge is 0.398 e. The minimum Gasteiger partial charge on any atom is -0.398 e. The molecule has 19 heavy (non-hydrogen) atoms. The van der Waals surface area contributed by atoms with Crippen LogP contribution in [0.2, 0.25) is 0 Å². The summed E-state index contributed by atoms with van der Waals surface area (Å²) in [5.41, 5.74) is 10.6. The van der Waals surface area contributed by atoms with Crippen molar-refractivity contribution in [2.75, 3.05) is 25.5 Å². The fraction of sp³-hybridized carbons (Fsp3) is 0.300. The van der Waals surface area contributed by atoms with E-state index in [-0.39, 0.29) is 30.3 Å². The number of nitrogen functional groups attached to an aromatic ring is 1. The molecule has 0 bridgehead atoms. The zero-order valence-corrected chi connectivity index (χ0v) is 12.3. The Kier molecular flexibility index (Phi) is 5.73. The molecule has 1 aromatic carbocycles. The Morgan fingerprint density at radius 2 is 2.11 bits per heavy atom. The monoisotopic (exact) mass is 351 g/mol. The molecule has 0 saturated heterocycles. The first-order valence-corrected chi connectivity index (χ1v) is 7.51. The smallest absolute Gasteiger partial charge is 0.243 e. The van der Waals surface area contributed by atoms with Gasteiger partial charge in [0.25, 0.3) is 0 Å². The number of nitrogens with two attached hydrogens (primary N) is 2. The maximum atomic E-state index is 11.9. The van der Waals surface area contributed by atoms with Crippen LogP contribution in [0, 0.1) is 0 Å². The highest BCUT2D eigenvalue weighted by Crippen LogP contribution is 2.22. The standard InChI is InChI=1S/C10H14BrN3O4S/c11-7-1-2-9(8(12)5-7)19(16,17)14-3-4-18-6-10(13)15/h1-2,5,14H,3-4,6,12H2,(H2,13,15). The van der Waals surface area contributed by atoms with E-state index >= 15 is 0 Å². The van der Waals surface area contributed by atoms with Crippen molar-refractivity contribution >= 4 is 37.5 Å². The molecule has 0 atom stereocenters. The van der Waals surface area contributed by atoms with Crippen LogP contribution in [0.15, 0.2) is 27.6 Å². The summed E-state index contributed by atoms with van der Waals surface area (Å²) in [5, 5.41) is 0. The van der Waals surface area contributed by atoms with Crippen molar-refractivity contribution in [3.05, 3.63) is 22.7 Å². The highest BCUT2D eigenvalue weighted by molar-refractivity contribution is 9.10. The first kappa shape index (κ1) is 15.9. The van der Waals surface area contributed by atoms with E-state index in [1.165, 1.54) is 12.1 Å². The van der Waals surface area contributed by atoms with E-state index in [0.29, 0.717) is 4.47 Å². The normalized spacial score (nSPS) is 11.4. The number of hydrogen-bond acceptors (Lipinski definition) is 5. The van der Waals surface area contributed by atoms with E-state index < -0.39 is 15.9 Å². The number of primary amides is 1. The van der Waals surface area contributed by atoms with Gasteiger partial charge in [-0.25, -0.2) is 13.1 Å². The Morgan fingerprint density at radius 3 is 2.68 bits per heavy atom. The summed E-state index contributed by atoms with van der Waals surface area (Å²) < 4.78 is 31.6. The number of halogens is 1. The lowest BCUT2D eigenvalue weighted by molar-refractivity contribution is -0.122. The van der Waals surface area contributed by atoms with Gasteiger partial charge in [0.15, 0.2) is 0 Å². The van der Waals surface area contributed by atoms with Crippen molar-refractivity contribution < 1.29 is 17.9 Å². The van der Waals surface area contributed by atoms with Crippen LogP contribution >= 0.6 is 15.9 Å². The summed E-state index contributed by atoms with van der Waals surface area (Å²) in [6.07, 6.45) is 0. The second kappa shape index (κ2) is 6.85. The Morgan fingerprint density at radius 1 is 1.42 bits per heavy atom. The number of sulfonamides is 1. The number of carbonyl (C=O) groups excluding carboxylic acids is 1. The number of benzene rings is 1. The Bertz CT molecular complexity index is 562. The summed E-state index contributed by atoms with van der Waals surface area (Å²) >= 11 is 3.19. The van der Waals surface area contributed by atoms with Gasteiger partial charge in [-0.3, -0.25) is 4.79 Å². The maximum Gasteiger partial charge on any atom is 0.243 e. The number of rotatable bonds is 7. The number of carbonyl (C=O) groups is 1. The third-order valence-corrected chi connectivity index (χ3v) is 4.07. The molecule has 0 heterocycles. The summed E-state index contributed by atoms with van der Waals surface area (Å²) in [5.74, 6) is -0.611. The quantitative estimate of drug-likeness (QED) is 0.463. The Hall–Kier alpha value is -1.16. The molecule has 1 amide bonds. The lowest BCUT2D eigenvalue weighted by atomic mass is 10.3. The average Bonchev–Trinajstić information content (AvgIpc) is 2.27. The third-order valence-electron chi connectivity index (χ3n) is 2.04. The second-order valence-electron chi connectivity index (χ2n) is 3.60. The van der Waals surface area contributed by atoms with Crippen molar-refractivity contribution in [3.8, 4) is 0 Å². The number of nitrogens with one attached hydrogen (secondary N) is 1. The van der Waals surface area contributed by atoms with Gasteiger partial charge < -0.3 is 16.2 Å². The fourth-order valence-electron chi connectivity index (χ4n) is 1.26. The van der Waals surface area contributed by atoms with Crippen molar-refractivity contribution in [3.63, 3.8) is 0 Å². The third kappa shape index (κ3) is 5.15. The minimum atomic E-state index is -3.70. The van der Waals surface area contributed by atoms with E-state index in [0.717, 1.165) is 0 Å². The van der Waals surface area contributed by atoms with Gasteiger partial charge in [0, 0.05) is 11.0 Å². The molecule has 106 valence electrons. The molecule has 0 aromatic heterocycles. The Balaban J connectivity index is 2.59. The molecular weight excluding hydrogens is 338 g/mol. The van der Waals surface area contributed by atoms with E-state index in [9.17, 15) is 13.2 Å². The van der Waals surface area contributed by atoms with Crippen LogP contribution in [0.4, 0.5) is 5.69 Å². The van der Waals surface area contributed by atoms with Gasteiger partial charge in [-0.1, -0.05) is 15.9 Å². The average molecular weight is 352 g/mol. The van der Waals surface area contributed by atoms with Crippen LogP contribution in [0.25, 0.3) is 0 Å². The SMILES string of the molecule is NC(=O)COCCNS(=O)(=O)c1ccc(Br)cc1N. The van der Waals surface area contributed by atoms with Crippen molar-refractivity contribution in [1.82, 2.24) is 4.72 Å². The van der Waals surface area contributed by atoms with E-state index in [2.05, 4.69) is 20.7 Å². The van der Waals surface area contributed by atoms with E-state index in [4.69, 9.17) is 16.2 Å². The van der Waals surface area contributed by atoms with Crippen LogP contribution in [0.1, 0.15) is 0 Å². The molecule has 0 aliphatic rings. The van der Waals surface area contributed by atoms with Crippen LogP contribution in [-0.2, 0) is 19.6 Å². The highest BCUT2D eigenvalue weighted by atomic mass is 79.9. The molecule has 5 N–H and O–H groups in total. The van der Waals surface area contributed by atoms with Gasteiger partial charge in [-0.2, -0.15) is 0 Å². The zero-order chi connectivity index (χ0) is 14.5. The van der Waals surface area contributed by atoms with E-state index in [1.54, 1.807) is 6.07 Å². The van der Waals surface area contributed by atoms with Gasteiger partial charge >= 0.3 is 0 Å². The van der Waals surface area contributed by atoms with Crippen LogP contribution in [-0.4, -0.2) is 34.1 Å². The molecule has 0 aliphatic carbocycles. The molecule has 0 saturated carbocycles. The first-order chi connectivity index (χ1) is 8.83. The molecule has 0 aliphatic heterocycles. The predicted octanol–water partition coefficient (Wildman–Crippen LogP) is -0.189. The lowest BCUT2D eigenvalue weighted by Crippen LogP contribution is -2.29. The molecule has 0 fully saturated rings. The van der Waals surface area contributed by atoms with E-state index in [1.807, 2.05) is 0 Å². The summed E-state index contributed by atoms with van der Waals surface area (Å²) in [6, 6.07) is 4.47. The first-order valence-electron chi connectivity index (χ1n) is 5.23. The topological polar surface area (TPSA) is 125 Å². The molecule has 0 radical (unpaired) electrons. The molecular formula is C10H14BrN3O4S. The Labute approximate surface area is 119 Å². The molecule has 9 heteroatoms. The molecule has 0 unspecified atom stereocenters. The van der Waals surface area contributed by atoms with Crippen molar-refractivity contribution in [1.29, 1.82) is 0 Å². The number of amides is 1. The maximum absolute atomic E-state index is 11.9. The van der Waals surface area contributed by atoms with Gasteiger partial charge in [-0.15, -0.1) is 0 Å². The lowest BCUT2D eigenvalue weighted by Gasteiger charge is -2.09. The van der Waals surface area contributed by atoms with Crippen LogP contribution in [0.3, 0.4) is 0 Å². The van der Waals surface area contributed by atoms with Crippen LogP contribution < -0.4 is 16.2 Å². The van der Waals surface area contributed by atoms with Crippen molar-refractivity contribution in [2.24, 2.45) is 5.73 Å². The van der Waals surface area contributed by atoms with Crippen LogP contribution in [0.5, 0.6) is 0 Å². The molecule has 1 rings (SSSR count).